The fraction of sp³-hybridized carbons (Fsp3) is 0.300. The van der Waals surface area contributed by atoms with Gasteiger partial charge in [0.05, 0.1) is 11.3 Å². The van der Waals surface area contributed by atoms with Gasteiger partial charge in [0.25, 0.3) is 0 Å². The van der Waals surface area contributed by atoms with Crippen LogP contribution in [0.5, 0.6) is 0 Å². The third kappa shape index (κ3) is 2.47. The van der Waals surface area contributed by atoms with Crippen molar-refractivity contribution < 1.29 is 13.2 Å². The van der Waals surface area contributed by atoms with E-state index in [0.29, 0.717) is 12.2 Å². The number of nitrogens with zero attached hydrogens (tertiary/aromatic N) is 2. The van der Waals surface area contributed by atoms with Crippen molar-refractivity contribution in [2.24, 2.45) is 5.10 Å². The standard InChI is InChI=1S/C10H8F3IN2/c11-10(12,13)7-2-1-3-8(6-7)16-5-4-9(14)15-16/h1-3,6H,4-5H2. The second kappa shape index (κ2) is 4.23. The summed E-state index contributed by atoms with van der Waals surface area (Å²) < 4.78 is 38.3. The van der Waals surface area contributed by atoms with Crippen LogP contribution < -0.4 is 5.01 Å². The van der Waals surface area contributed by atoms with E-state index in [1.54, 1.807) is 11.1 Å². The molecule has 0 N–H and O–H groups in total. The van der Waals surface area contributed by atoms with E-state index in [9.17, 15) is 13.2 Å². The van der Waals surface area contributed by atoms with Gasteiger partial charge in [-0.3, -0.25) is 5.01 Å². The molecule has 0 spiro atoms. The summed E-state index contributed by atoms with van der Waals surface area (Å²) in [6.45, 7) is 0.638. The second-order valence-electron chi connectivity index (χ2n) is 3.40. The van der Waals surface area contributed by atoms with Crippen LogP contribution in [0, 0.1) is 0 Å². The number of rotatable bonds is 1. The number of benzene rings is 1. The number of hydrazone groups is 1. The molecule has 0 bridgehead atoms. The van der Waals surface area contributed by atoms with Gasteiger partial charge in [0.15, 0.2) is 0 Å². The molecule has 0 aliphatic carbocycles. The predicted octanol–water partition coefficient (Wildman–Crippen LogP) is 3.66. The van der Waals surface area contributed by atoms with Crippen LogP contribution in [0.4, 0.5) is 18.9 Å². The Morgan fingerprint density at radius 3 is 2.62 bits per heavy atom. The highest BCUT2D eigenvalue weighted by Gasteiger charge is 2.31. The molecule has 0 saturated heterocycles. The first-order chi connectivity index (χ1) is 7.47. The van der Waals surface area contributed by atoms with Crippen molar-refractivity contribution in [3.63, 3.8) is 0 Å². The third-order valence-corrected chi connectivity index (χ3v) is 2.99. The highest BCUT2D eigenvalue weighted by atomic mass is 127. The summed E-state index contributed by atoms with van der Waals surface area (Å²) in [5, 5.41) is 5.75. The minimum atomic E-state index is -4.30. The Kier molecular flexibility index (Phi) is 3.09. The lowest BCUT2D eigenvalue weighted by Gasteiger charge is -2.15. The van der Waals surface area contributed by atoms with Crippen molar-refractivity contribution in [3.8, 4) is 0 Å². The average molecular weight is 340 g/mol. The third-order valence-electron chi connectivity index (χ3n) is 2.23. The van der Waals surface area contributed by atoms with Crippen molar-refractivity contribution in [2.75, 3.05) is 11.6 Å². The van der Waals surface area contributed by atoms with Gasteiger partial charge >= 0.3 is 6.18 Å². The molecule has 6 heteroatoms. The molecule has 0 radical (unpaired) electrons. The predicted molar refractivity (Wildman–Crippen MR) is 64.9 cm³/mol. The zero-order valence-electron chi connectivity index (χ0n) is 8.13. The number of halogens is 4. The summed E-state index contributed by atoms with van der Waals surface area (Å²) in [4.78, 5) is 0. The van der Waals surface area contributed by atoms with Gasteiger partial charge in [-0.15, -0.1) is 0 Å². The van der Waals surface area contributed by atoms with E-state index in [2.05, 4.69) is 27.7 Å². The highest BCUT2D eigenvalue weighted by Crippen LogP contribution is 2.32. The number of hydrogen-bond donors (Lipinski definition) is 0. The molecule has 0 amide bonds. The zero-order valence-corrected chi connectivity index (χ0v) is 10.3. The molecule has 2 nitrogen and oxygen atoms in total. The van der Waals surface area contributed by atoms with Gasteiger partial charge in [0.1, 0.15) is 3.72 Å². The lowest BCUT2D eigenvalue weighted by Crippen LogP contribution is -2.13. The van der Waals surface area contributed by atoms with E-state index in [4.69, 9.17) is 0 Å². The van der Waals surface area contributed by atoms with Gasteiger partial charge in [0.2, 0.25) is 0 Å². The first-order valence-corrected chi connectivity index (χ1v) is 5.72. The van der Waals surface area contributed by atoms with Crippen molar-refractivity contribution in [1.82, 2.24) is 0 Å². The summed E-state index contributed by atoms with van der Waals surface area (Å²) in [7, 11) is 0. The summed E-state index contributed by atoms with van der Waals surface area (Å²) in [5.41, 5.74) is -0.149. The van der Waals surface area contributed by atoms with E-state index >= 15 is 0 Å². The van der Waals surface area contributed by atoms with Crippen LogP contribution >= 0.6 is 22.6 Å². The van der Waals surface area contributed by atoms with E-state index in [1.807, 2.05) is 0 Å². The van der Waals surface area contributed by atoms with Crippen molar-refractivity contribution in [2.45, 2.75) is 12.6 Å². The molecule has 1 aliphatic rings. The minimum Gasteiger partial charge on any atom is -0.264 e. The molecule has 0 unspecified atom stereocenters. The van der Waals surface area contributed by atoms with Crippen molar-refractivity contribution >= 4 is 32.0 Å². The maximum atomic E-state index is 12.5. The van der Waals surface area contributed by atoms with E-state index < -0.39 is 11.7 Å². The van der Waals surface area contributed by atoms with Gasteiger partial charge in [0, 0.05) is 13.0 Å². The molecular weight excluding hydrogens is 332 g/mol. The topological polar surface area (TPSA) is 15.6 Å². The lowest BCUT2D eigenvalue weighted by atomic mass is 10.2. The van der Waals surface area contributed by atoms with Crippen LogP contribution in [0.15, 0.2) is 29.4 Å². The summed E-state index contributed by atoms with van der Waals surface area (Å²) in [6.07, 6.45) is -3.51. The van der Waals surface area contributed by atoms with Gasteiger partial charge < -0.3 is 0 Å². The fourth-order valence-corrected chi connectivity index (χ4v) is 1.96. The molecule has 1 heterocycles. The quantitative estimate of drug-likeness (QED) is 0.713. The molecule has 2 rings (SSSR count). The van der Waals surface area contributed by atoms with Crippen molar-refractivity contribution in [1.29, 1.82) is 0 Å². The zero-order chi connectivity index (χ0) is 11.8. The maximum absolute atomic E-state index is 12.5. The monoisotopic (exact) mass is 340 g/mol. The summed E-state index contributed by atoms with van der Waals surface area (Å²) in [6, 6.07) is 5.22. The molecule has 0 aromatic heterocycles. The minimum absolute atomic E-state index is 0.487. The van der Waals surface area contributed by atoms with Gasteiger partial charge in [-0.2, -0.15) is 18.3 Å². The first kappa shape index (κ1) is 11.7. The largest absolute Gasteiger partial charge is 0.416 e. The maximum Gasteiger partial charge on any atom is 0.416 e. The normalized spacial score (nSPS) is 16.5. The number of anilines is 1. The Hall–Kier alpha value is -0.790. The second-order valence-corrected chi connectivity index (χ2v) is 4.64. The molecule has 1 aliphatic heterocycles. The van der Waals surface area contributed by atoms with Crippen molar-refractivity contribution in [3.05, 3.63) is 29.8 Å². The van der Waals surface area contributed by atoms with Crippen LogP contribution in [0.25, 0.3) is 0 Å². The van der Waals surface area contributed by atoms with E-state index in [-0.39, 0.29) is 0 Å². The van der Waals surface area contributed by atoms with Gasteiger partial charge in [-0.05, 0) is 40.8 Å². The Labute approximate surface area is 104 Å². The Morgan fingerprint density at radius 1 is 1.31 bits per heavy atom. The van der Waals surface area contributed by atoms with Crippen LogP contribution in [0.2, 0.25) is 0 Å². The number of alkyl halides is 3. The van der Waals surface area contributed by atoms with Gasteiger partial charge in [-0.25, -0.2) is 0 Å². The smallest absolute Gasteiger partial charge is 0.264 e. The van der Waals surface area contributed by atoms with Crippen LogP contribution in [-0.2, 0) is 6.18 Å². The van der Waals surface area contributed by atoms with Crippen LogP contribution in [-0.4, -0.2) is 10.3 Å². The molecule has 0 atom stereocenters. The molecule has 86 valence electrons. The van der Waals surface area contributed by atoms with Gasteiger partial charge in [-0.1, -0.05) is 6.07 Å². The molecule has 1 aromatic rings. The Bertz CT molecular complexity index is 428. The Morgan fingerprint density at radius 2 is 2.06 bits per heavy atom. The Balaban J connectivity index is 2.30. The van der Waals surface area contributed by atoms with Crippen LogP contribution in [0.3, 0.4) is 0 Å². The van der Waals surface area contributed by atoms with E-state index in [1.165, 1.54) is 6.07 Å². The average Bonchev–Trinajstić information content (AvgIpc) is 2.64. The summed E-state index contributed by atoms with van der Waals surface area (Å²) in [5.74, 6) is 0. The molecule has 0 saturated carbocycles. The highest BCUT2D eigenvalue weighted by molar-refractivity contribution is 14.1. The summed E-state index contributed by atoms with van der Waals surface area (Å²) >= 11 is 2.08. The fourth-order valence-electron chi connectivity index (χ4n) is 1.46. The number of hydrogen-bond acceptors (Lipinski definition) is 2. The molecule has 16 heavy (non-hydrogen) atoms. The first-order valence-electron chi connectivity index (χ1n) is 4.64. The lowest BCUT2D eigenvalue weighted by molar-refractivity contribution is -0.137. The van der Waals surface area contributed by atoms with E-state index in [0.717, 1.165) is 22.3 Å². The van der Waals surface area contributed by atoms with Crippen LogP contribution in [0.1, 0.15) is 12.0 Å². The molecule has 1 aromatic carbocycles. The molecular formula is C10H8F3IN2. The SMILES string of the molecule is FC(F)(F)c1cccc(N2CCC(I)=N2)c1. The molecule has 0 fully saturated rings.